The van der Waals surface area contributed by atoms with Gasteiger partial charge < -0.3 is 5.73 Å². The first-order chi connectivity index (χ1) is 10.1. The molecule has 2 aromatic carbocycles. The lowest BCUT2D eigenvalue weighted by molar-refractivity contribution is 0.627. The fourth-order valence-electron chi connectivity index (χ4n) is 2.40. The van der Waals surface area contributed by atoms with Crippen LogP contribution in [-0.4, -0.2) is 9.78 Å². The highest BCUT2D eigenvalue weighted by molar-refractivity contribution is 5.77. The Morgan fingerprint density at radius 3 is 2.19 bits per heavy atom. The van der Waals surface area contributed by atoms with Crippen LogP contribution in [0.4, 0.5) is 10.2 Å². The largest absolute Gasteiger partial charge is 0.383 e. The van der Waals surface area contributed by atoms with Crippen molar-refractivity contribution in [3.63, 3.8) is 0 Å². The molecule has 0 fully saturated rings. The molecule has 0 bridgehead atoms. The van der Waals surface area contributed by atoms with Gasteiger partial charge in [0.2, 0.25) is 0 Å². The highest BCUT2D eigenvalue weighted by Gasteiger charge is 2.15. The van der Waals surface area contributed by atoms with Crippen LogP contribution in [0.3, 0.4) is 0 Å². The molecule has 0 amide bonds. The van der Waals surface area contributed by atoms with Gasteiger partial charge in [-0.15, -0.1) is 0 Å². The number of rotatable bonds is 2. The van der Waals surface area contributed by atoms with Crippen molar-refractivity contribution < 1.29 is 4.39 Å². The zero-order chi connectivity index (χ0) is 15.0. The maximum absolute atomic E-state index is 13.0. The Morgan fingerprint density at radius 2 is 1.57 bits per heavy atom. The van der Waals surface area contributed by atoms with E-state index in [1.54, 1.807) is 16.8 Å². The molecule has 0 aliphatic heterocycles. The zero-order valence-electron chi connectivity index (χ0n) is 12.0. The van der Waals surface area contributed by atoms with E-state index in [2.05, 4.69) is 5.10 Å². The first kappa shape index (κ1) is 13.4. The van der Waals surface area contributed by atoms with Gasteiger partial charge >= 0.3 is 0 Å². The topological polar surface area (TPSA) is 43.8 Å². The molecule has 4 heteroatoms. The summed E-state index contributed by atoms with van der Waals surface area (Å²) in [5.74, 6) is 0.280. The van der Waals surface area contributed by atoms with Gasteiger partial charge in [-0.2, -0.15) is 5.10 Å². The van der Waals surface area contributed by atoms with Gasteiger partial charge in [0.1, 0.15) is 11.6 Å². The average molecular weight is 281 g/mol. The Kier molecular flexibility index (Phi) is 3.22. The van der Waals surface area contributed by atoms with Crippen molar-refractivity contribution in [2.24, 2.45) is 0 Å². The summed E-state index contributed by atoms with van der Waals surface area (Å²) in [6.45, 7) is 3.97. The SMILES string of the molecule is Cc1ccc(-c2c(C)nn(-c3ccc(F)cc3)c2N)cc1. The number of anilines is 1. The second-order valence-corrected chi connectivity index (χ2v) is 5.10. The Hall–Kier alpha value is -2.62. The highest BCUT2D eigenvalue weighted by Crippen LogP contribution is 2.31. The molecule has 0 aliphatic rings. The zero-order valence-corrected chi connectivity index (χ0v) is 12.0. The standard InChI is InChI=1S/C17H16FN3/c1-11-3-5-13(6-4-11)16-12(2)20-21(17(16)19)15-9-7-14(18)8-10-15/h3-10H,19H2,1-2H3. The lowest BCUT2D eigenvalue weighted by atomic mass is 10.0. The normalized spacial score (nSPS) is 10.8. The number of hydrogen-bond donors (Lipinski definition) is 1. The Morgan fingerprint density at radius 1 is 0.952 bits per heavy atom. The third kappa shape index (κ3) is 2.40. The van der Waals surface area contributed by atoms with Gasteiger partial charge in [0.25, 0.3) is 0 Å². The Labute approximate surface area is 122 Å². The van der Waals surface area contributed by atoms with Crippen LogP contribution in [0.15, 0.2) is 48.5 Å². The summed E-state index contributed by atoms with van der Waals surface area (Å²) in [4.78, 5) is 0. The average Bonchev–Trinajstić information content (AvgIpc) is 2.76. The Bertz CT molecular complexity index is 771. The van der Waals surface area contributed by atoms with Crippen LogP contribution in [0.2, 0.25) is 0 Å². The second-order valence-electron chi connectivity index (χ2n) is 5.10. The number of nitrogens with zero attached hydrogens (tertiary/aromatic N) is 2. The fraction of sp³-hybridized carbons (Fsp3) is 0.118. The van der Waals surface area contributed by atoms with Crippen LogP contribution < -0.4 is 5.73 Å². The van der Waals surface area contributed by atoms with E-state index in [4.69, 9.17) is 5.73 Å². The number of halogens is 1. The van der Waals surface area contributed by atoms with E-state index in [1.165, 1.54) is 17.7 Å². The van der Waals surface area contributed by atoms with E-state index in [9.17, 15) is 4.39 Å². The van der Waals surface area contributed by atoms with Crippen LogP contribution in [0, 0.1) is 19.7 Å². The first-order valence-corrected chi connectivity index (χ1v) is 6.74. The van der Waals surface area contributed by atoms with Gasteiger partial charge in [-0.05, 0) is 43.7 Å². The van der Waals surface area contributed by atoms with Crippen molar-refractivity contribution in [1.29, 1.82) is 0 Å². The predicted octanol–water partition coefficient (Wildman–Crippen LogP) is 3.88. The van der Waals surface area contributed by atoms with Crippen LogP contribution in [0.1, 0.15) is 11.3 Å². The molecule has 0 radical (unpaired) electrons. The van der Waals surface area contributed by atoms with Crippen LogP contribution in [0.25, 0.3) is 16.8 Å². The van der Waals surface area contributed by atoms with E-state index >= 15 is 0 Å². The van der Waals surface area contributed by atoms with Gasteiger partial charge in [-0.25, -0.2) is 9.07 Å². The Balaban J connectivity index is 2.12. The van der Waals surface area contributed by atoms with Crippen molar-refractivity contribution >= 4 is 5.82 Å². The van der Waals surface area contributed by atoms with E-state index in [0.29, 0.717) is 5.82 Å². The molecular weight excluding hydrogens is 265 g/mol. The second kappa shape index (κ2) is 5.05. The maximum Gasteiger partial charge on any atom is 0.135 e. The molecular formula is C17H16FN3. The highest BCUT2D eigenvalue weighted by atomic mass is 19.1. The molecule has 0 spiro atoms. The summed E-state index contributed by atoms with van der Waals surface area (Å²) in [6, 6.07) is 14.3. The molecule has 3 rings (SSSR count). The van der Waals surface area contributed by atoms with E-state index in [0.717, 1.165) is 22.5 Å². The molecule has 1 aromatic heterocycles. The summed E-state index contributed by atoms with van der Waals surface area (Å²) < 4.78 is 14.7. The molecule has 3 aromatic rings. The quantitative estimate of drug-likeness (QED) is 0.774. The first-order valence-electron chi connectivity index (χ1n) is 6.74. The van der Waals surface area contributed by atoms with Crippen LogP contribution >= 0.6 is 0 Å². The lowest BCUT2D eigenvalue weighted by Gasteiger charge is -2.05. The van der Waals surface area contributed by atoms with Gasteiger partial charge in [-0.1, -0.05) is 29.8 Å². The number of hydrogen-bond acceptors (Lipinski definition) is 2. The maximum atomic E-state index is 13.0. The molecule has 1 heterocycles. The minimum absolute atomic E-state index is 0.278. The van der Waals surface area contributed by atoms with E-state index < -0.39 is 0 Å². The molecule has 3 nitrogen and oxygen atoms in total. The number of nitrogen functional groups attached to an aromatic ring is 1. The summed E-state index contributed by atoms with van der Waals surface area (Å²) in [6.07, 6.45) is 0. The molecule has 21 heavy (non-hydrogen) atoms. The number of aromatic nitrogens is 2. The minimum atomic E-state index is -0.278. The molecule has 0 unspecified atom stereocenters. The van der Waals surface area contributed by atoms with Crippen molar-refractivity contribution in [2.75, 3.05) is 5.73 Å². The van der Waals surface area contributed by atoms with Crippen molar-refractivity contribution in [2.45, 2.75) is 13.8 Å². The van der Waals surface area contributed by atoms with E-state index in [-0.39, 0.29) is 5.82 Å². The summed E-state index contributed by atoms with van der Waals surface area (Å²) in [5, 5.41) is 4.48. The monoisotopic (exact) mass is 281 g/mol. The predicted molar refractivity (Wildman–Crippen MR) is 82.8 cm³/mol. The molecule has 2 N–H and O–H groups in total. The molecule has 0 atom stereocenters. The number of nitrogens with two attached hydrogens (primary N) is 1. The van der Waals surface area contributed by atoms with Crippen molar-refractivity contribution in [1.82, 2.24) is 9.78 Å². The van der Waals surface area contributed by atoms with Gasteiger partial charge in [0, 0.05) is 5.56 Å². The van der Waals surface area contributed by atoms with E-state index in [1.807, 2.05) is 38.1 Å². The lowest BCUT2D eigenvalue weighted by Crippen LogP contribution is -2.02. The van der Waals surface area contributed by atoms with Gasteiger partial charge in [0.05, 0.1) is 11.4 Å². The van der Waals surface area contributed by atoms with Crippen LogP contribution in [0.5, 0.6) is 0 Å². The molecule has 0 saturated carbocycles. The molecule has 0 saturated heterocycles. The third-order valence-corrected chi connectivity index (χ3v) is 3.51. The molecule has 0 aliphatic carbocycles. The fourth-order valence-corrected chi connectivity index (χ4v) is 2.40. The van der Waals surface area contributed by atoms with Gasteiger partial charge in [0.15, 0.2) is 0 Å². The smallest absolute Gasteiger partial charge is 0.135 e. The van der Waals surface area contributed by atoms with Crippen LogP contribution in [-0.2, 0) is 0 Å². The minimum Gasteiger partial charge on any atom is -0.383 e. The summed E-state index contributed by atoms with van der Waals surface area (Å²) >= 11 is 0. The number of benzene rings is 2. The molecule has 106 valence electrons. The van der Waals surface area contributed by atoms with Crippen molar-refractivity contribution in [3.05, 3.63) is 65.6 Å². The summed E-state index contributed by atoms with van der Waals surface area (Å²) in [5.41, 5.74) is 11.0. The third-order valence-electron chi connectivity index (χ3n) is 3.51. The summed E-state index contributed by atoms with van der Waals surface area (Å²) in [7, 11) is 0. The number of aryl methyl sites for hydroxylation is 2. The van der Waals surface area contributed by atoms with Gasteiger partial charge in [-0.3, -0.25) is 0 Å². The van der Waals surface area contributed by atoms with Crippen molar-refractivity contribution in [3.8, 4) is 16.8 Å².